The number of carbonyl (C=O) groups excluding carboxylic acids is 3. The minimum absolute atomic E-state index is 0.153. The maximum Gasteiger partial charge on any atom is 0.472 e. The van der Waals surface area contributed by atoms with Crippen molar-refractivity contribution in [1.82, 2.24) is 0 Å². The monoisotopic (exact) mass is 1110 g/mol. The molecule has 78 heavy (non-hydrogen) atoms. The Kier molecular flexibility index (Phi) is 56.8. The average Bonchev–Trinajstić information content (AvgIpc) is 3.43. The molecule has 11 nitrogen and oxygen atoms in total. The zero-order valence-corrected chi connectivity index (χ0v) is 50.5. The molecule has 0 rings (SSSR count). The molecule has 0 saturated carbocycles. The lowest BCUT2D eigenvalue weighted by Crippen LogP contribution is -2.30. The summed E-state index contributed by atoms with van der Waals surface area (Å²) in [6.07, 6.45) is 70.7. The molecule has 0 aromatic rings. The average molecular weight is 1110 g/mol. The van der Waals surface area contributed by atoms with E-state index in [0.717, 1.165) is 148 Å². The highest BCUT2D eigenvalue weighted by Crippen LogP contribution is 2.43. The van der Waals surface area contributed by atoms with E-state index in [9.17, 15) is 28.9 Å². The Balaban J connectivity index is 4.76. The molecule has 0 bridgehead atoms. The smallest absolute Gasteiger partial charge is 0.462 e. The van der Waals surface area contributed by atoms with Crippen molar-refractivity contribution in [3.05, 3.63) is 97.2 Å². The topological polar surface area (TPSA) is 155 Å². The van der Waals surface area contributed by atoms with Crippen LogP contribution in [0.5, 0.6) is 0 Å². The van der Waals surface area contributed by atoms with E-state index in [-0.39, 0.29) is 25.9 Å². The molecule has 0 aliphatic rings. The van der Waals surface area contributed by atoms with E-state index >= 15 is 0 Å². The Morgan fingerprint density at radius 1 is 0.372 bits per heavy atom. The van der Waals surface area contributed by atoms with Gasteiger partial charge < -0.3 is 24.2 Å². The first-order chi connectivity index (χ1) is 38.2. The van der Waals surface area contributed by atoms with Crippen molar-refractivity contribution < 1.29 is 52.2 Å². The van der Waals surface area contributed by atoms with Gasteiger partial charge in [0.05, 0.1) is 19.8 Å². The molecule has 3 unspecified atom stereocenters. The standard InChI is InChI=1S/C66H113O11P/c1-4-7-10-13-16-19-22-25-28-30-31-33-35-37-40-43-46-49-52-55-64(68)73-59-63(77-66(70)57-54-51-48-45-42-39-36-32-29-26-23-20-17-14-11-8-5-2)61-75-78(71,72)74-60-62(58-67)76-65(69)56-53-50-47-44-41-38-34-27-24-21-18-15-12-9-6-3/h7,9-10,12,16,18-19,21,25-29,31,33-34,62-63,67H,4-6,8,11,13-15,17,20,22-24,30,32,35-61H2,1-3H3,(H,71,72)/b10-7-,12-9-,19-16-,21-18-,28-25-,29-26-,33-31-,34-27-. The van der Waals surface area contributed by atoms with E-state index in [0.29, 0.717) is 19.3 Å². The summed E-state index contributed by atoms with van der Waals surface area (Å²) in [6.45, 7) is 4.40. The maximum absolute atomic E-state index is 12.9. The second kappa shape index (κ2) is 59.5. The summed E-state index contributed by atoms with van der Waals surface area (Å²) in [5.41, 5.74) is 0. The quantitative estimate of drug-likeness (QED) is 0.0197. The molecule has 0 spiro atoms. The van der Waals surface area contributed by atoms with Gasteiger partial charge in [0.15, 0.2) is 6.10 Å². The minimum atomic E-state index is -4.77. The van der Waals surface area contributed by atoms with Crippen molar-refractivity contribution in [3.8, 4) is 0 Å². The predicted octanol–water partition coefficient (Wildman–Crippen LogP) is 18.8. The molecular formula is C66H113O11P. The van der Waals surface area contributed by atoms with Gasteiger partial charge in [0.25, 0.3) is 0 Å². The Hall–Kier alpha value is -3.60. The Morgan fingerprint density at radius 2 is 0.667 bits per heavy atom. The van der Waals surface area contributed by atoms with Crippen LogP contribution >= 0.6 is 7.82 Å². The lowest BCUT2D eigenvalue weighted by molar-refractivity contribution is -0.161. The molecule has 448 valence electrons. The SMILES string of the molecule is CC/C=C\C/C=C\C/C=C\C/C=C\CCCCCCCCC(=O)OCC(COP(=O)(O)OCC(CO)OC(=O)CCCCCCC/C=C\C/C=C\C/C=C\CC)OC(=O)CCCCCCCCC/C=C\CCCCCCCC. The van der Waals surface area contributed by atoms with Crippen LogP contribution in [0, 0.1) is 0 Å². The second-order valence-corrected chi connectivity index (χ2v) is 21.9. The van der Waals surface area contributed by atoms with Crippen LogP contribution in [0.4, 0.5) is 0 Å². The zero-order valence-electron chi connectivity index (χ0n) is 49.6. The van der Waals surface area contributed by atoms with Crippen LogP contribution in [0.15, 0.2) is 97.2 Å². The first-order valence-corrected chi connectivity index (χ1v) is 32.6. The summed E-state index contributed by atoms with van der Waals surface area (Å²) in [4.78, 5) is 48.7. The summed E-state index contributed by atoms with van der Waals surface area (Å²) >= 11 is 0. The summed E-state index contributed by atoms with van der Waals surface area (Å²) in [5, 5.41) is 9.84. The van der Waals surface area contributed by atoms with Gasteiger partial charge in [0.1, 0.15) is 12.7 Å². The summed E-state index contributed by atoms with van der Waals surface area (Å²) < 4.78 is 39.6. The van der Waals surface area contributed by atoms with E-state index in [2.05, 4.69) is 118 Å². The number of carbonyl (C=O) groups is 3. The van der Waals surface area contributed by atoms with Gasteiger partial charge in [0.2, 0.25) is 0 Å². The molecule has 2 N–H and O–H groups in total. The molecule has 0 aromatic carbocycles. The van der Waals surface area contributed by atoms with Gasteiger partial charge in [0, 0.05) is 19.3 Å². The van der Waals surface area contributed by atoms with Crippen LogP contribution < -0.4 is 0 Å². The highest BCUT2D eigenvalue weighted by atomic mass is 31.2. The molecule has 0 fully saturated rings. The van der Waals surface area contributed by atoms with Gasteiger partial charge in [-0.3, -0.25) is 23.4 Å². The number of rotatable bonds is 57. The van der Waals surface area contributed by atoms with Crippen LogP contribution in [-0.2, 0) is 42.2 Å². The lowest BCUT2D eigenvalue weighted by atomic mass is 10.1. The number of hydrogen-bond acceptors (Lipinski definition) is 10. The molecule has 0 aliphatic heterocycles. The molecule has 0 heterocycles. The number of aliphatic hydroxyl groups excluding tert-OH is 1. The fourth-order valence-corrected chi connectivity index (χ4v) is 9.08. The number of allylic oxidation sites excluding steroid dienone is 16. The molecule has 0 aliphatic carbocycles. The fourth-order valence-electron chi connectivity index (χ4n) is 8.30. The normalized spacial score (nSPS) is 14.0. The summed E-state index contributed by atoms with van der Waals surface area (Å²) in [7, 11) is -4.77. The first-order valence-electron chi connectivity index (χ1n) is 31.1. The van der Waals surface area contributed by atoms with Crippen LogP contribution in [0.1, 0.15) is 265 Å². The van der Waals surface area contributed by atoms with Gasteiger partial charge in [-0.2, -0.15) is 0 Å². The van der Waals surface area contributed by atoms with Crippen LogP contribution in [-0.4, -0.2) is 66.5 Å². The summed E-state index contributed by atoms with van der Waals surface area (Å²) in [5.74, 6) is -1.50. The fraction of sp³-hybridized carbons (Fsp3) is 0.712. The van der Waals surface area contributed by atoms with E-state index < -0.39 is 57.8 Å². The third-order valence-electron chi connectivity index (χ3n) is 13.0. The van der Waals surface area contributed by atoms with Gasteiger partial charge in [-0.05, 0) is 116 Å². The van der Waals surface area contributed by atoms with Gasteiger partial charge in [-0.15, -0.1) is 0 Å². The van der Waals surface area contributed by atoms with E-state index in [1.54, 1.807) is 0 Å². The highest BCUT2D eigenvalue weighted by molar-refractivity contribution is 7.47. The van der Waals surface area contributed by atoms with Crippen LogP contribution in [0.3, 0.4) is 0 Å². The minimum Gasteiger partial charge on any atom is -0.462 e. The Labute approximate surface area is 476 Å². The predicted molar refractivity (Wildman–Crippen MR) is 325 cm³/mol. The number of phosphoric acid groups is 1. The van der Waals surface area contributed by atoms with Crippen molar-refractivity contribution in [2.45, 2.75) is 277 Å². The van der Waals surface area contributed by atoms with Crippen molar-refractivity contribution in [3.63, 3.8) is 0 Å². The Bertz CT molecular complexity index is 1680. The second-order valence-electron chi connectivity index (χ2n) is 20.5. The number of ether oxygens (including phenoxy) is 3. The molecule has 0 radical (unpaired) electrons. The molecule has 12 heteroatoms. The number of esters is 3. The zero-order chi connectivity index (χ0) is 56.9. The van der Waals surface area contributed by atoms with Crippen molar-refractivity contribution in [2.24, 2.45) is 0 Å². The number of unbranched alkanes of at least 4 members (excludes halogenated alkanes) is 24. The summed E-state index contributed by atoms with van der Waals surface area (Å²) in [6, 6.07) is 0. The van der Waals surface area contributed by atoms with Crippen LogP contribution in [0.25, 0.3) is 0 Å². The van der Waals surface area contributed by atoms with Crippen molar-refractivity contribution >= 4 is 25.7 Å². The van der Waals surface area contributed by atoms with E-state index in [1.165, 1.54) is 57.8 Å². The third kappa shape index (κ3) is 57.1. The van der Waals surface area contributed by atoms with E-state index in [1.807, 2.05) is 0 Å². The van der Waals surface area contributed by atoms with Gasteiger partial charge in [-0.25, -0.2) is 4.57 Å². The molecular weight excluding hydrogens is 1000 g/mol. The number of aliphatic hydroxyl groups is 1. The maximum atomic E-state index is 12.9. The molecule has 0 aromatic heterocycles. The number of phosphoric ester groups is 1. The van der Waals surface area contributed by atoms with Gasteiger partial charge >= 0.3 is 25.7 Å². The molecule has 0 amide bonds. The molecule has 0 saturated heterocycles. The van der Waals surface area contributed by atoms with E-state index in [4.69, 9.17) is 23.3 Å². The third-order valence-corrected chi connectivity index (χ3v) is 13.9. The number of hydrogen-bond donors (Lipinski definition) is 2. The molecule has 3 atom stereocenters. The van der Waals surface area contributed by atoms with Gasteiger partial charge in [-0.1, -0.05) is 227 Å². The van der Waals surface area contributed by atoms with Crippen molar-refractivity contribution in [2.75, 3.05) is 26.4 Å². The lowest BCUT2D eigenvalue weighted by Gasteiger charge is -2.21. The first kappa shape index (κ1) is 74.4. The largest absolute Gasteiger partial charge is 0.472 e. The Morgan fingerprint density at radius 3 is 1.04 bits per heavy atom. The van der Waals surface area contributed by atoms with Crippen molar-refractivity contribution in [1.29, 1.82) is 0 Å². The highest BCUT2D eigenvalue weighted by Gasteiger charge is 2.28. The van der Waals surface area contributed by atoms with Crippen LogP contribution in [0.2, 0.25) is 0 Å².